The van der Waals surface area contributed by atoms with Gasteiger partial charge in [-0.25, -0.2) is 5.43 Å². The third-order valence-corrected chi connectivity index (χ3v) is 5.11. The molecule has 0 unspecified atom stereocenters. The first-order valence-corrected chi connectivity index (χ1v) is 9.59. The summed E-state index contributed by atoms with van der Waals surface area (Å²) in [5.74, 6) is 1.36. The molecular weight excluding hydrogens is 475 g/mol. The zero-order valence-corrected chi connectivity index (χ0v) is 17.3. The van der Waals surface area contributed by atoms with Gasteiger partial charge in [-0.05, 0) is 64.6 Å². The fourth-order valence-electron chi connectivity index (χ4n) is 1.90. The summed E-state index contributed by atoms with van der Waals surface area (Å²) in [5, 5.41) is 4.65. The van der Waals surface area contributed by atoms with E-state index in [1.165, 1.54) is 11.8 Å². The summed E-state index contributed by atoms with van der Waals surface area (Å²) in [6.07, 6.45) is 1.56. The van der Waals surface area contributed by atoms with Gasteiger partial charge in [0.2, 0.25) is 5.91 Å². The summed E-state index contributed by atoms with van der Waals surface area (Å²) in [6.45, 7) is 0. The highest BCUT2D eigenvalue weighted by atomic mass is 127. The SMILES string of the molecule is COc1cc(/C=N\NC(=O)CSc2ccc(Cl)cc2)cc(I)c1OC. The van der Waals surface area contributed by atoms with E-state index < -0.39 is 0 Å². The van der Waals surface area contributed by atoms with Crippen molar-refractivity contribution in [1.29, 1.82) is 0 Å². The maximum Gasteiger partial charge on any atom is 0.250 e. The van der Waals surface area contributed by atoms with Crippen LogP contribution in [0.4, 0.5) is 0 Å². The zero-order valence-electron chi connectivity index (χ0n) is 13.6. The van der Waals surface area contributed by atoms with E-state index in [-0.39, 0.29) is 11.7 Å². The Morgan fingerprint density at radius 1 is 1.28 bits per heavy atom. The van der Waals surface area contributed by atoms with Gasteiger partial charge in [-0.15, -0.1) is 11.8 Å². The molecule has 0 atom stereocenters. The van der Waals surface area contributed by atoms with Crippen molar-refractivity contribution in [2.24, 2.45) is 5.10 Å². The molecule has 5 nitrogen and oxygen atoms in total. The number of benzene rings is 2. The first-order chi connectivity index (χ1) is 12.0. The predicted octanol–water partition coefficient (Wildman–Crippen LogP) is 4.20. The second-order valence-electron chi connectivity index (χ2n) is 4.77. The average Bonchev–Trinajstić information content (AvgIpc) is 2.60. The molecule has 0 aromatic heterocycles. The number of ether oxygens (including phenoxy) is 2. The van der Waals surface area contributed by atoms with Crippen molar-refractivity contribution in [3.8, 4) is 11.5 Å². The Labute approximate surface area is 169 Å². The maximum atomic E-state index is 11.8. The third kappa shape index (κ3) is 6.09. The van der Waals surface area contributed by atoms with Gasteiger partial charge in [-0.1, -0.05) is 11.6 Å². The summed E-state index contributed by atoms with van der Waals surface area (Å²) < 4.78 is 11.5. The number of hydrazone groups is 1. The molecule has 25 heavy (non-hydrogen) atoms. The van der Waals surface area contributed by atoms with E-state index in [9.17, 15) is 4.79 Å². The summed E-state index contributed by atoms with van der Waals surface area (Å²) in [5.41, 5.74) is 3.31. The van der Waals surface area contributed by atoms with Crippen LogP contribution in [0.2, 0.25) is 5.02 Å². The standard InChI is InChI=1S/C17H16ClIN2O3S/c1-23-15-8-11(7-14(19)17(15)24-2)9-20-21-16(22)10-25-13-5-3-12(18)4-6-13/h3-9H,10H2,1-2H3,(H,21,22)/b20-9-. The highest BCUT2D eigenvalue weighted by molar-refractivity contribution is 14.1. The van der Waals surface area contributed by atoms with Crippen molar-refractivity contribution in [3.05, 3.63) is 50.6 Å². The molecule has 1 N–H and O–H groups in total. The highest BCUT2D eigenvalue weighted by Crippen LogP contribution is 2.33. The lowest BCUT2D eigenvalue weighted by Gasteiger charge is -2.10. The molecule has 0 saturated carbocycles. The van der Waals surface area contributed by atoms with Crippen LogP contribution in [0.5, 0.6) is 11.5 Å². The van der Waals surface area contributed by atoms with E-state index in [0.717, 1.165) is 14.0 Å². The number of amides is 1. The zero-order chi connectivity index (χ0) is 18.2. The number of halogens is 2. The molecule has 0 aliphatic rings. The lowest BCUT2D eigenvalue weighted by atomic mass is 10.2. The van der Waals surface area contributed by atoms with Gasteiger partial charge in [0.05, 0.1) is 29.8 Å². The van der Waals surface area contributed by atoms with Gasteiger partial charge >= 0.3 is 0 Å². The number of rotatable bonds is 7. The van der Waals surface area contributed by atoms with Crippen molar-refractivity contribution in [2.45, 2.75) is 4.90 Å². The van der Waals surface area contributed by atoms with Gasteiger partial charge in [0.25, 0.3) is 0 Å². The van der Waals surface area contributed by atoms with E-state index >= 15 is 0 Å². The van der Waals surface area contributed by atoms with Gasteiger partial charge in [0, 0.05) is 9.92 Å². The molecule has 0 radical (unpaired) electrons. The van der Waals surface area contributed by atoms with Gasteiger partial charge in [-0.2, -0.15) is 5.10 Å². The second-order valence-corrected chi connectivity index (χ2v) is 7.42. The van der Waals surface area contributed by atoms with Crippen molar-refractivity contribution in [3.63, 3.8) is 0 Å². The largest absolute Gasteiger partial charge is 0.493 e. The first kappa shape index (κ1) is 19.9. The van der Waals surface area contributed by atoms with Gasteiger partial charge < -0.3 is 9.47 Å². The molecule has 0 spiro atoms. The number of nitrogens with one attached hydrogen (secondary N) is 1. The molecule has 0 saturated heterocycles. The lowest BCUT2D eigenvalue weighted by molar-refractivity contribution is -0.118. The van der Waals surface area contributed by atoms with Crippen LogP contribution in [0, 0.1) is 3.57 Å². The molecule has 0 fully saturated rings. The minimum Gasteiger partial charge on any atom is -0.493 e. The molecule has 0 aliphatic carbocycles. The van der Waals surface area contributed by atoms with Crippen LogP contribution >= 0.6 is 46.0 Å². The summed E-state index contributed by atoms with van der Waals surface area (Å²) >= 11 is 9.40. The van der Waals surface area contributed by atoms with E-state index in [0.29, 0.717) is 16.5 Å². The van der Waals surface area contributed by atoms with Crippen LogP contribution in [0.1, 0.15) is 5.56 Å². The van der Waals surface area contributed by atoms with Crippen molar-refractivity contribution < 1.29 is 14.3 Å². The number of thioether (sulfide) groups is 1. The molecule has 1 amide bonds. The van der Waals surface area contributed by atoms with Crippen molar-refractivity contribution in [2.75, 3.05) is 20.0 Å². The molecule has 2 aromatic rings. The van der Waals surface area contributed by atoms with Crippen LogP contribution in [0.15, 0.2) is 46.4 Å². The molecule has 2 aromatic carbocycles. The number of nitrogens with zero attached hydrogens (tertiary/aromatic N) is 1. The van der Waals surface area contributed by atoms with Crippen LogP contribution in [-0.2, 0) is 4.79 Å². The van der Waals surface area contributed by atoms with Gasteiger partial charge in [0.15, 0.2) is 11.5 Å². The smallest absolute Gasteiger partial charge is 0.250 e. The summed E-state index contributed by atoms with van der Waals surface area (Å²) in [6, 6.07) is 11.0. The van der Waals surface area contributed by atoms with E-state index in [4.69, 9.17) is 21.1 Å². The Balaban J connectivity index is 1.90. The fraction of sp³-hybridized carbons (Fsp3) is 0.176. The summed E-state index contributed by atoms with van der Waals surface area (Å²) in [7, 11) is 3.16. The maximum absolute atomic E-state index is 11.8. The monoisotopic (exact) mass is 490 g/mol. The van der Waals surface area contributed by atoms with Gasteiger partial charge in [-0.3, -0.25) is 4.79 Å². The quantitative estimate of drug-likeness (QED) is 0.273. The molecule has 132 valence electrons. The molecule has 2 rings (SSSR count). The van der Waals surface area contributed by atoms with Crippen LogP contribution in [-0.4, -0.2) is 32.1 Å². The Bertz CT molecular complexity index is 769. The Morgan fingerprint density at radius 2 is 2.00 bits per heavy atom. The number of carbonyl (C=O) groups is 1. The molecule has 8 heteroatoms. The molecule has 0 bridgehead atoms. The van der Waals surface area contributed by atoms with Crippen molar-refractivity contribution in [1.82, 2.24) is 5.43 Å². The molecule has 0 aliphatic heterocycles. The fourth-order valence-corrected chi connectivity index (χ4v) is 3.57. The Kier molecular flexibility index (Phi) is 7.86. The Morgan fingerprint density at radius 3 is 2.64 bits per heavy atom. The number of hydrogen-bond acceptors (Lipinski definition) is 5. The normalized spacial score (nSPS) is 10.7. The molecular formula is C17H16ClIN2O3S. The van der Waals surface area contributed by atoms with E-state index in [1.807, 2.05) is 18.2 Å². The lowest BCUT2D eigenvalue weighted by Crippen LogP contribution is -2.19. The second kappa shape index (κ2) is 9.88. The Hall–Kier alpha value is -1.45. The van der Waals surface area contributed by atoms with Crippen LogP contribution in [0.3, 0.4) is 0 Å². The van der Waals surface area contributed by atoms with E-state index in [2.05, 4.69) is 33.1 Å². The van der Waals surface area contributed by atoms with E-state index in [1.54, 1.807) is 38.6 Å². The van der Waals surface area contributed by atoms with Crippen LogP contribution in [0.25, 0.3) is 0 Å². The number of hydrogen-bond donors (Lipinski definition) is 1. The minimum absolute atomic E-state index is 0.189. The number of carbonyl (C=O) groups excluding carboxylic acids is 1. The number of methoxy groups -OCH3 is 2. The topological polar surface area (TPSA) is 59.9 Å². The minimum atomic E-state index is -0.189. The highest BCUT2D eigenvalue weighted by Gasteiger charge is 2.09. The third-order valence-electron chi connectivity index (χ3n) is 3.04. The molecule has 0 heterocycles. The average molecular weight is 491 g/mol. The summed E-state index contributed by atoms with van der Waals surface area (Å²) in [4.78, 5) is 12.8. The van der Waals surface area contributed by atoms with Crippen molar-refractivity contribution >= 4 is 58.1 Å². The predicted molar refractivity (Wildman–Crippen MR) is 110 cm³/mol. The first-order valence-electron chi connectivity index (χ1n) is 7.15. The van der Waals surface area contributed by atoms with Gasteiger partial charge in [0.1, 0.15) is 0 Å². The van der Waals surface area contributed by atoms with Crippen LogP contribution < -0.4 is 14.9 Å².